The zero-order valence-electron chi connectivity index (χ0n) is 3.77. The first kappa shape index (κ1) is 66.3. The van der Waals surface area contributed by atoms with E-state index in [0.717, 1.165) is 0 Å². The zero-order valence-corrected chi connectivity index (χ0v) is 6.43. The van der Waals surface area contributed by atoms with Crippen LogP contribution >= 0.6 is 0 Å². The first-order chi connectivity index (χ1) is 0. The van der Waals surface area contributed by atoms with E-state index in [1.807, 2.05) is 0 Å². The Hall–Kier alpha value is 1.91. The van der Waals surface area contributed by atoms with E-state index in [4.69, 9.17) is 0 Å². The van der Waals surface area contributed by atoms with Gasteiger partial charge in [0, 0.05) is 0 Å². The molecule has 2 nitrogen and oxygen atoms in total. The minimum atomic E-state index is 0. The van der Waals surface area contributed by atoms with Crippen molar-refractivity contribution < 1.29 is 75.1 Å². The molecule has 5 heavy (non-hydrogen) atoms. The average Bonchev–Trinajstić information content (AvgIpc) is 0. The van der Waals surface area contributed by atoms with Crippen LogP contribution in [0.2, 0.25) is 0 Å². The first-order valence-electron chi connectivity index (χ1n) is 0. The molecular weight excluding hydrogens is 351 g/mol. The van der Waals surface area contributed by atoms with E-state index in [0.29, 0.717) is 0 Å². The summed E-state index contributed by atoms with van der Waals surface area (Å²) >= 11 is 0. The zero-order chi connectivity index (χ0) is 0. The van der Waals surface area contributed by atoms with Crippen LogP contribution < -0.4 is 0 Å². The van der Waals surface area contributed by atoms with Crippen molar-refractivity contribution in [1.29, 1.82) is 0 Å². The number of hydrogen-bond acceptors (Lipinski definition) is 0. The third kappa shape index (κ3) is 24.8. The molecule has 0 rings (SSSR count). The topological polar surface area (TPSA) is 57.0 Å². The van der Waals surface area contributed by atoms with Crippen molar-refractivity contribution in [2.24, 2.45) is 0 Å². The molecule has 0 amide bonds. The minimum absolute atomic E-state index is 0. The van der Waals surface area contributed by atoms with Crippen molar-refractivity contribution in [2.75, 3.05) is 0 Å². The molecule has 0 saturated carbocycles. The summed E-state index contributed by atoms with van der Waals surface area (Å²) in [5.41, 5.74) is 0. The standard InChI is InChI=1S/2O.3Pd.2H/q2*-2;3*+2;2*-1. The molecule has 0 aromatic rings. The quantitative estimate of drug-likeness (QED) is 0.550. The third-order valence-electron chi connectivity index (χ3n) is 0. The summed E-state index contributed by atoms with van der Waals surface area (Å²) in [6.45, 7) is 0. The maximum atomic E-state index is 0. The van der Waals surface area contributed by atoms with Gasteiger partial charge in [0.15, 0.2) is 0 Å². The summed E-state index contributed by atoms with van der Waals surface area (Å²) < 4.78 is 0. The van der Waals surface area contributed by atoms with Crippen molar-refractivity contribution in [3.8, 4) is 0 Å². The van der Waals surface area contributed by atoms with Gasteiger partial charge >= 0.3 is 61.3 Å². The summed E-state index contributed by atoms with van der Waals surface area (Å²) in [5.74, 6) is 0. The molecule has 0 aromatic carbocycles. The maximum Gasteiger partial charge on any atom is 2.00 e. The fourth-order valence-electron chi connectivity index (χ4n) is 0. The number of hydrogen-bond donors (Lipinski definition) is 0. The minimum Gasteiger partial charge on any atom is -2.00 e. The van der Waals surface area contributed by atoms with Crippen LogP contribution in [0.4, 0.5) is 0 Å². The molecule has 0 aliphatic heterocycles. The molecule has 0 unspecified atom stereocenters. The fraction of sp³-hybridized carbons (Fsp3) is 0. The van der Waals surface area contributed by atoms with Crippen LogP contribution in [-0.2, 0) is 72.2 Å². The SMILES string of the molecule is [H-].[H-].[O-2].[O-2].[Pd+2].[Pd+2].[Pd+2]. The molecule has 0 radical (unpaired) electrons. The molecule has 0 fully saturated rings. The maximum absolute atomic E-state index is 0. The van der Waals surface area contributed by atoms with Crippen molar-refractivity contribution >= 4 is 0 Å². The normalized spacial score (nSPS) is 0. The molecule has 0 N–H and O–H groups in total. The van der Waals surface area contributed by atoms with Gasteiger partial charge in [-0.3, -0.25) is 0 Å². The Bertz CT molecular complexity index is 10.9. The van der Waals surface area contributed by atoms with Gasteiger partial charge in [-0.25, -0.2) is 0 Å². The average molecular weight is 353 g/mol. The van der Waals surface area contributed by atoms with Crippen molar-refractivity contribution in [3.63, 3.8) is 0 Å². The Balaban J connectivity index is 0. The van der Waals surface area contributed by atoms with Gasteiger partial charge in [0.2, 0.25) is 0 Å². The Morgan fingerprint density at radius 1 is 0.600 bits per heavy atom. The van der Waals surface area contributed by atoms with Gasteiger partial charge in [0.25, 0.3) is 0 Å². The summed E-state index contributed by atoms with van der Waals surface area (Å²) in [7, 11) is 0. The molecule has 0 aliphatic rings. The second-order valence-corrected chi connectivity index (χ2v) is 0. The van der Waals surface area contributed by atoms with Crippen molar-refractivity contribution in [2.45, 2.75) is 0 Å². The molecule has 0 atom stereocenters. The van der Waals surface area contributed by atoms with Crippen LogP contribution in [-0.4, -0.2) is 0 Å². The van der Waals surface area contributed by atoms with E-state index in [1.165, 1.54) is 0 Å². The summed E-state index contributed by atoms with van der Waals surface area (Å²) in [6, 6.07) is 0. The largest absolute Gasteiger partial charge is 2.00 e. The van der Waals surface area contributed by atoms with Gasteiger partial charge in [-0.1, -0.05) is 0 Å². The molecular formula is H2O2Pd3. The Morgan fingerprint density at radius 3 is 0.600 bits per heavy atom. The molecule has 0 bridgehead atoms. The van der Waals surface area contributed by atoms with E-state index in [2.05, 4.69) is 0 Å². The smallest absolute Gasteiger partial charge is 2.00 e. The second kappa shape index (κ2) is 39.1. The molecule has 5 heteroatoms. The third-order valence-corrected chi connectivity index (χ3v) is 0. The van der Waals surface area contributed by atoms with Gasteiger partial charge in [0.1, 0.15) is 0 Å². The van der Waals surface area contributed by atoms with Crippen molar-refractivity contribution in [1.82, 2.24) is 0 Å². The predicted octanol–water partition coefficient (Wildman–Crippen LogP) is -0.0201. The molecule has 0 aromatic heterocycles. The van der Waals surface area contributed by atoms with Gasteiger partial charge in [-0.15, -0.1) is 0 Å². The van der Waals surface area contributed by atoms with E-state index in [1.54, 1.807) is 0 Å². The van der Waals surface area contributed by atoms with Crippen LogP contribution in [0, 0.1) is 0 Å². The predicted molar refractivity (Wildman–Crippen MR) is 3.60 cm³/mol. The van der Waals surface area contributed by atoms with Crippen LogP contribution in [0.1, 0.15) is 2.85 Å². The van der Waals surface area contributed by atoms with E-state index in [9.17, 15) is 0 Å². The Kier molecular flexibility index (Phi) is 518. The Labute approximate surface area is 74.6 Å². The van der Waals surface area contributed by atoms with Crippen LogP contribution in [0.25, 0.3) is 0 Å². The van der Waals surface area contributed by atoms with Gasteiger partial charge in [-0.2, -0.15) is 0 Å². The molecule has 0 saturated heterocycles. The number of rotatable bonds is 0. The summed E-state index contributed by atoms with van der Waals surface area (Å²) in [4.78, 5) is 0. The summed E-state index contributed by atoms with van der Waals surface area (Å²) in [6.07, 6.45) is 0. The molecule has 0 heterocycles. The first-order valence-corrected chi connectivity index (χ1v) is 0. The monoisotopic (exact) mass is 352 g/mol. The summed E-state index contributed by atoms with van der Waals surface area (Å²) in [5, 5.41) is 0. The van der Waals surface area contributed by atoms with E-state index >= 15 is 0 Å². The molecule has 0 spiro atoms. The van der Waals surface area contributed by atoms with E-state index < -0.39 is 0 Å². The van der Waals surface area contributed by atoms with Gasteiger partial charge < -0.3 is 13.8 Å². The van der Waals surface area contributed by atoms with E-state index in [-0.39, 0.29) is 75.1 Å². The van der Waals surface area contributed by atoms with Crippen molar-refractivity contribution in [3.05, 3.63) is 0 Å². The Morgan fingerprint density at radius 2 is 0.600 bits per heavy atom. The second-order valence-electron chi connectivity index (χ2n) is 0. The van der Waals surface area contributed by atoms with Crippen LogP contribution in [0.3, 0.4) is 0 Å². The van der Waals surface area contributed by atoms with Crippen LogP contribution in [0.15, 0.2) is 0 Å². The van der Waals surface area contributed by atoms with Gasteiger partial charge in [0.05, 0.1) is 0 Å². The van der Waals surface area contributed by atoms with Crippen LogP contribution in [0.5, 0.6) is 0 Å². The fourth-order valence-corrected chi connectivity index (χ4v) is 0. The van der Waals surface area contributed by atoms with Gasteiger partial charge in [-0.05, 0) is 0 Å². The molecule has 44 valence electrons. The molecule has 0 aliphatic carbocycles.